The number of benzene rings is 2. The largest absolute Gasteiger partial charge is 0.324 e. The van der Waals surface area contributed by atoms with Gasteiger partial charge in [-0.15, -0.1) is 0 Å². The van der Waals surface area contributed by atoms with E-state index in [1.165, 1.54) is 0 Å². The number of aromatic nitrogens is 3. The standard InChI is InChI=1S/C23H21N5O2S/c1-31-15-21-27-19-7-2-3-8-20(19)28(21)14-22(29)25-17-5-4-6-18(13-17)26-23(30)16-9-11-24-12-10-16/h2-13H,14-15H2,1H3,(H,25,29)(H,26,30). The summed E-state index contributed by atoms with van der Waals surface area (Å²) in [7, 11) is 0. The average molecular weight is 432 g/mol. The van der Waals surface area contributed by atoms with Gasteiger partial charge in [-0.3, -0.25) is 14.6 Å². The Bertz CT molecular complexity index is 1220. The van der Waals surface area contributed by atoms with Crippen LogP contribution in [-0.4, -0.2) is 32.6 Å². The summed E-state index contributed by atoms with van der Waals surface area (Å²) in [5.41, 5.74) is 3.52. The molecule has 2 heterocycles. The van der Waals surface area contributed by atoms with Gasteiger partial charge >= 0.3 is 0 Å². The molecule has 156 valence electrons. The van der Waals surface area contributed by atoms with Gasteiger partial charge in [0.15, 0.2) is 0 Å². The molecule has 4 rings (SSSR count). The predicted octanol–water partition coefficient (Wildman–Crippen LogP) is 4.19. The number of thioether (sulfide) groups is 1. The van der Waals surface area contributed by atoms with E-state index in [-0.39, 0.29) is 18.4 Å². The Morgan fingerprint density at radius 3 is 2.48 bits per heavy atom. The molecule has 0 aliphatic carbocycles. The zero-order chi connectivity index (χ0) is 21.6. The van der Waals surface area contributed by atoms with Crippen LogP contribution in [0, 0.1) is 0 Å². The lowest BCUT2D eigenvalue weighted by atomic mass is 10.2. The second-order valence-corrected chi connectivity index (χ2v) is 7.72. The van der Waals surface area contributed by atoms with Crippen molar-refractivity contribution >= 4 is 46.0 Å². The highest BCUT2D eigenvalue weighted by Gasteiger charge is 2.14. The minimum atomic E-state index is -0.238. The van der Waals surface area contributed by atoms with Crippen molar-refractivity contribution in [1.82, 2.24) is 14.5 Å². The van der Waals surface area contributed by atoms with Crippen molar-refractivity contribution in [1.29, 1.82) is 0 Å². The lowest BCUT2D eigenvalue weighted by Crippen LogP contribution is -2.20. The van der Waals surface area contributed by atoms with E-state index in [0.717, 1.165) is 22.6 Å². The molecule has 2 aromatic carbocycles. The summed E-state index contributed by atoms with van der Waals surface area (Å²) in [5.74, 6) is 1.18. The molecular formula is C23H21N5O2S. The zero-order valence-corrected chi connectivity index (χ0v) is 17.7. The number of hydrogen-bond donors (Lipinski definition) is 2. The maximum absolute atomic E-state index is 12.8. The number of carbonyl (C=O) groups is 2. The highest BCUT2D eigenvalue weighted by atomic mass is 32.2. The number of imidazole rings is 1. The Hall–Kier alpha value is -3.65. The van der Waals surface area contributed by atoms with Gasteiger partial charge in [-0.2, -0.15) is 11.8 Å². The summed E-state index contributed by atoms with van der Waals surface area (Å²) < 4.78 is 1.94. The molecule has 0 fully saturated rings. The lowest BCUT2D eigenvalue weighted by molar-refractivity contribution is -0.116. The third-order valence-corrected chi connectivity index (χ3v) is 5.20. The molecule has 0 aliphatic rings. The molecule has 7 nitrogen and oxygen atoms in total. The molecule has 4 aromatic rings. The van der Waals surface area contributed by atoms with Crippen LogP contribution in [0.2, 0.25) is 0 Å². The van der Waals surface area contributed by atoms with E-state index < -0.39 is 0 Å². The van der Waals surface area contributed by atoms with E-state index in [9.17, 15) is 9.59 Å². The summed E-state index contributed by atoms with van der Waals surface area (Å²) in [4.78, 5) is 33.7. The zero-order valence-electron chi connectivity index (χ0n) is 16.9. The number of nitrogens with one attached hydrogen (secondary N) is 2. The van der Waals surface area contributed by atoms with Gasteiger partial charge in [-0.25, -0.2) is 4.98 Å². The fourth-order valence-corrected chi connectivity index (χ4v) is 3.75. The van der Waals surface area contributed by atoms with Gasteiger partial charge in [0.25, 0.3) is 5.91 Å². The Balaban J connectivity index is 1.47. The first kappa shape index (κ1) is 20.6. The maximum Gasteiger partial charge on any atom is 0.255 e. The van der Waals surface area contributed by atoms with E-state index in [4.69, 9.17) is 0 Å². The number of para-hydroxylation sites is 2. The first-order valence-electron chi connectivity index (χ1n) is 9.68. The van der Waals surface area contributed by atoms with Crippen LogP contribution in [0.3, 0.4) is 0 Å². The Morgan fingerprint density at radius 1 is 0.968 bits per heavy atom. The fraction of sp³-hybridized carbons (Fsp3) is 0.130. The van der Waals surface area contributed by atoms with Crippen LogP contribution in [0.4, 0.5) is 11.4 Å². The van der Waals surface area contributed by atoms with Gasteiger partial charge in [-0.1, -0.05) is 18.2 Å². The number of fused-ring (bicyclic) bond motifs is 1. The van der Waals surface area contributed by atoms with E-state index in [1.54, 1.807) is 60.6 Å². The molecule has 2 aromatic heterocycles. The summed E-state index contributed by atoms with van der Waals surface area (Å²) in [6.45, 7) is 0.157. The maximum atomic E-state index is 12.8. The van der Waals surface area contributed by atoms with Gasteiger partial charge in [-0.05, 0) is 48.7 Å². The van der Waals surface area contributed by atoms with Crippen LogP contribution in [0.15, 0.2) is 73.1 Å². The number of carbonyl (C=O) groups excluding carboxylic acids is 2. The molecule has 0 saturated carbocycles. The highest BCUT2D eigenvalue weighted by molar-refractivity contribution is 7.97. The van der Waals surface area contributed by atoms with Crippen LogP contribution in [-0.2, 0) is 17.1 Å². The molecular weight excluding hydrogens is 410 g/mol. The minimum Gasteiger partial charge on any atom is -0.324 e. The minimum absolute atomic E-state index is 0.157. The molecule has 2 N–H and O–H groups in total. The van der Waals surface area contributed by atoms with E-state index >= 15 is 0 Å². The van der Waals surface area contributed by atoms with Crippen LogP contribution in [0.5, 0.6) is 0 Å². The molecule has 2 amide bonds. The number of anilines is 2. The molecule has 0 bridgehead atoms. The molecule has 31 heavy (non-hydrogen) atoms. The Labute approximate surface area is 183 Å². The summed E-state index contributed by atoms with van der Waals surface area (Å²) in [6.07, 6.45) is 5.14. The second-order valence-electron chi connectivity index (χ2n) is 6.85. The summed E-state index contributed by atoms with van der Waals surface area (Å²) in [6, 6.07) is 18.1. The quantitative estimate of drug-likeness (QED) is 0.458. The smallest absolute Gasteiger partial charge is 0.255 e. The molecule has 0 saturated heterocycles. The van der Waals surface area contributed by atoms with E-state index in [1.807, 2.05) is 35.1 Å². The normalized spacial score (nSPS) is 10.7. The number of rotatable bonds is 7. The fourth-order valence-electron chi connectivity index (χ4n) is 3.27. The van der Waals surface area contributed by atoms with Gasteiger partial charge in [0.2, 0.25) is 5.91 Å². The van der Waals surface area contributed by atoms with Gasteiger partial charge in [0, 0.05) is 29.3 Å². The second kappa shape index (κ2) is 9.44. The monoisotopic (exact) mass is 431 g/mol. The van der Waals surface area contributed by atoms with Crippen LogP contribution >= 0.6 is 11.8 Å². The average Bonchev–Trinajstić information content (AvgIpc) is 3.12. The van der Waals surface area contributed by atoms with Crippen LogP contribution < -0.4 is 10.6 Å². The third-order valence-electron chi connectivity index (χ3n) is 4.66. The molecule has 0 aliphatic heterocycles. The topological polar surface area (TPSA) is 88.9 Å². The number of nitrogens with zero attached hydrogens (tertiary/aromatic N) is 3. The van der Waals surface area contributed by atoms with E-state index in [0.29, 0.717) is 16.9 Å². The van der Waals surface area contributed by atoms with Crippen molar-refractivity contribution in [3.8, 4) is 0 Å². The SMILES string of the molecule is CSCc1nc2ccccc2n1CC(=O)Nc1cccc(NC(=O)c2ccncc2)c1. The first-order chi connectivity index (χ1) is 15.1. The molecule has 0 unspecified atom stereocenters. The molecule has 8 heteroatoms. The van der Waals surface area contributed by atoms with E-state index in [2.05, 4.69) is 20.6 Å². The van der Waals surface area contributed by atoms with Crippen molar-refractivity contribution in [3.05, 3.63) is 84.4 Å². The van der Waals surface area contributed by atoms with Crippen LogP contribution in [0.25, 0.3) is 11.0 Å². The van der Waals surface area contributed by atoms with Crippen LogP contribution in [0.1, 0.15) is 16.2 Å². The van der Waals surface area contributed by atoms with Gasteiger partial charge in [0.05, 0.1) is 16.8 Å². The number of pyridine rings is 1. The highest BCUT2D eigenvalue weighted by Crippen LogP contribution is 2.20. The lowest BCUT2D eigenvalue weighted by Gasteiger charge is -2.11. The van der Waals surface area contributed by atoms with Crippen molar-refractivity contribution in [2.75, 3.05) is 16.9 Å². The van der Waals surface area contributed by atoms with Crippen molar-refractivity contribution in [2.24, 2.45) is 0 Å². The predicted molar refractivity (Wildman–Crippen MR) is 124 cm³/mol. The summed E-state index contributed by atoms with van der Waals surface area (Å²) >= 11 is 1.66. The molecule has 0 atom stereocenters. The third kappa shape index (κ3) is 4.92. The molecule has 0 spiro atoms. The van der Waals surface area contributed by atoms with Crippen molar-refractivity contribution in [2.45, 2.75) is 12.3 Å². The van der Waals surface area contributed by atoms with Crippen molar-refractivity contribution < 1.29 is 9.59 Å². The Morgan fingerprint density at radius 2 is 1.71 bits per heavy atom. The Kier molecular flexibility index (Phi) is 6.28. The summed E-state index contributed by atoms with van der Waals surface area (Å²) in [5, 5.41) is 5.74. The van der Waals surface area contributed by atoms with Crippen molar-refractivity contribution in [3.63, 3.8) is 0 Å². The van der Waals surface area contributed by atoms with Gasteiger partial charge < -0.3 is 15.2 Å². The number of hydrogen-bond acceptors (Lipinski definition) is 5. The molecule has 0 radical (unpaired) electrons. The first-order valence-corrected chi connectivity index (χ1v) is 11.1. The number of amides is 2. The van der Waals surface area contributed by atoms with Gasteiger partial charge in [0.1, 0.15) is 12.4 Å².